The van der Waals surface area contributed by atoms with E-state index in [-0.39, 0.29) is 22.4 Å². The fourth-order valence-electron chi connectivity index (χ4n) is 2.90. The molecule has 0 unspecified atom stereocenters. The largest absolute Gasteiger partial charge is 0.490 e. The van der Waals surface area contributed by atoms with Crippen LogP contribution < -0.4 is 4.72 Å². The monoisotopic (exact) mass is 488 g/mol. The number of alkyl halides is 3. The van der Waals surface area contributed by atoms with E-state index >= 15 is 0 Å². The first-order valence-electron chi connectivity index (χ1n) is 9.30. The van der Waals surface area contributed by atoms with Gasteiger partial charge in [0.1, 0.15) is 0 Å². The molecular formula is C18H24ClF3N2O6S. The molecule has 1 aliphatic rings. The van der Waals surface area contributed by atoms with Gasteiger partial charge in [-0.1, -0.05) is 30.7 Å². The number of piperidine rings is 1. The summed E-state index contributed by atoms with van der Waals surface area (Å²) in [5.41, 5.74) is 0.887. The molecule has 1 aromatic carbocycles. The van der Waals surface area contributed by atoms with Crippen LogP contribution in [0.1, 0.15) is 42.1 Å². The lowest BCUT2D eigenvalue weighted by Gasteiger charge is -2.32. The predicted octanol–water partition coefficient (Wildman–Crippen LogP) is 2.97. The van der Waals surface area contributed by atoms with Crippen molar-refractivity contribution in [1.82, 2.24) is 9.62 Å². The Morgan fingerprint density at radius 3 is 2.23 bits per heavy atom. The number of benzene rings is 1. The first-order chi connectivity index (χ1) is 14.3. The summed E-state index contributed by atoms with van der Waals surface area (Å²) in [6.45, 7) is 3.89. The molecular weight excluding hydrogens is 465 g/mol. The Morgan fingerprint density at radius 2 is 1.77 bits per heavy atom. The molecule has 0 aromatic heterocycles. The van der Waals surface area contributed by atoms with Gasteiger partial charge in [0.25, 0.3) is 0 Å². The van der Waals surface area contributed by atoms with E-state index in [0.717, 1.165) is 31.5 Å². The number of carboxylic acids is 2. The Hall–Kier alpha value is -1.89. The van der Waals surface area contributed by atoms with Crippen molar-refractivity contribution in [3.05, 3.63) is 34.3 Å². The summed E-state index contributed by atoms with van der Waals surface area (Å²) in [4.78, 5) is 22.2. The number of likely N-dealkylation sites (tertiary alicyclic amines) is 1. The van der Waals surface area contributed by atoms with E-state index in [0.29, 0.717) is 13.0 Å². The molecule has 0 saturated carbocycles. The molecule has 0 amide bonds. The Balaban J connectivity index is 0.000000592. The molecule has 1 heterocycles. The molecule has 13 heteroatoms. The minimum atomic E-state index is -5.08. The molecule has 8 nitrogen and oxygen atoms in total. The second kappa shape index (κ2) is 11.7. The second-order valence-corrected chi connectivity index (χ2v) is 9.13. The number of nitrogens with one attached hydrogen (secondary N) is 1. The molecule has 0 bridgehead atoms. The number of sulfonamides is 1. The number of aliphatic carboxylic acids is 1. The molecule has 176 valence electrons. The van der Waals surface area contributed by atoms with Gasteiger partial charge in [-0.15, -0.1) is 0 Å². The van der Waals surface area contributed by atoms with Gasteiger partial charge in [-0.05, 0) is 30.9 Å². The van der Waals surface area contributed by atoms with Crippen LogP contribution in [-0.4, -0.2) is 66.5 Å². The Kier molecular flexibility index (Phi) is 10.2. The number of nitrogens with zero attached hydrogens (tertiary/aromatic N) is 1. The summed E-state index contributed by atoms with van der Waals surface area (Å²) in [6.07, 6.45) is -3.01. The predicted molar refractivity (Wildman–Crippen MR) is 108 cm³/mol. The molecule has 1 aliphatic heterocycles. The van der Waals surface area contributed by atoms with Crippen molar-refractivity contribution in [2.45, 2.75) is 44.9 Å². The average molecular weight is 489 g/mol. The third kappa shape index (κ3) is 9.42. The minimum Gasteiger partial charge on any atom is -0.478 e. The van der Waals surface area contributed by atoms with Crippen molar-refractivity contribution < 1.29 is 41.4 Å². The molecule has 0 aliphatic carbocycles. The lowest BCUT2D eigenvalue weighted by atomic mass is 10.0. The van der Waals surface area contributed by atoms with Crippen molar-refractivity contribution in [2.75, 3.05) is 18.8 Å². The van der Waals surface area contributed by atoms with Gasteiger partial charge in [-0.25, -0.2) is 22.7 Å². The SMILES string of the molecule is CCCS(=O)(=O)NC1CCN(Cc2cccc(C(=O)O)c2Cl)CC1.O=C(O)C(F)(F)F. The number of rotatable bonds is 7. The van der Waals surface area contributed by atoms with E-state index in [4.69, 9.17) is 26.6 Å². The maximum Gasteiger partial charge on any atom is 0.490 e. The lowest BCUT2D eigenvalue weighted by molar-refractivity contribution is -0.192. The quantitative estimate of drug-likeness (QED) is 0.539. The zero-order chi connectivity index (χ0) is 23.8. The van der Waals surface area contributed by atoms with Crippen molar-refractivity contribution in [3.8, 4) is 0 Å². The first kappa shape index (κ1) is 27.1. The summed E-state index contributed by atoms with van der Waals surface area (Å²) in [5, 5.41) is 16.5. The van der Waals surface area contributed by atoms with Crippen LogP contribution in [-0.2, 0) is 21.4 Å². The van der Waals surface area contributed by atoms with Crippen LogP contribution in [0.2, 0.25) is 5.02 Å². The highest BCUT2D eigenvalue weighted by atomic mass is 35.5. The third-order valence-corrected chi connectivity index (χ3v) is 6.44. The molecule has 0 radical (unpaired) electrons. The van der Waals surface area contributed by atoms with Gasteiger partial charge < -0.3 is 10.2 Å². The Labute approximate surface area is 183 Å². The smallest absolute Gasteiger partial charge is 0.478 e. The van der Waals surface area contributed by atoms with E-state index < -0.39 is 28.1 Å². The number of hydrogen-bond acceptors (Lipinski definition) is 5. The van der Waals surface area contributed by atoms with Crippen molar-refractivity contribution in [1.29, 1.82) is 0 Å². The van der Waals surface area contributed by atoms with E-state index in [1.807, 2.05) is 13.0 Å². The standard InChI is InChI=1S/C16H23ClN2O4S.C2HF3O2/c1-2-10-24(22,23)18-13-6-8-19(9-7-13)11-12-4-3-5-14(15(12)17)16(20)21;3-2(4,5)1(6)7/h3-5,13,18H,2,6-11H2,1H3,(H,20,21);(H,6,7). The highest BCUT2D eigenvalue weighted by molar-refractivity contribution is 7.89. The summed E-state index contributed by atoms with van der Waals surface area (Å²) in [6, 6.07) is 4.97. The van der Waals surface area contributed by atoms with Gasteiger partial charge >= 0.3 is 18.1 Å². The maximum absolute atomic E-state index is 11.8. The first-order valence-corrected chi connectivity index (χ1v) is 11.3. The van der Waals surface area contributed by atoms with Crippen LogP contribution in [0.4, 0.5) is 13.2 Å². The lowest BCUT2D eigenvalue weighted by Crippen LogP contribution is -2.44. The van der Waals surface area contributed by atoms with Gasteiger partial charge in [0.05, 0.1) is 16.3 Å². The average Bonchev–Trinajstić information content (AvgIpc) is 2.64. The van der Waals surface area contributed by atoms with Crippen LogP contribution >= 0.6 is 11.6 Å². The topological polar surface area (TPSA) is 124 Å². The zero-order valence-corrected chi connectivity index (χ0v) is 18.2. The normalized spacial score (nSPS) is 15.8. The fourth-order valence-corrected chi connectivity index (χ4v) is 4.56. The van der Waals surface area contributed by atoms with E-state index in [2.05, 4.69) is 9.62 Å². The van der Waals surface area contributed by atoms with Crippen molar-refractivity contribution in [3.63, 3.8) is 0 Å². The van der Waals surface area contributed by atoms with Crippen LogP contribution in [0.3, 0.4) is 0 Å². The minimum absolute atomic E-state index is 0.0291. The summed E-state index contributed by atoms with van der Waals surface area (Å²) >= 11 is 6.17. The van der Waals surface area contributed by atoms with E-state index in [1.54, 1.807) is 6.07 Å². The van der Waals surface area contributed by atoms with Gasteiger partial charge in [0, 0.05) is 25.7 Å². The summed E-state index contributed by atoms with van der Waals surface area (Å²) in [7, 11) is -3.18. The van der Waals surface area contributed by atoms with E-state index in [1.165, 1.54) is 6.07 Å². The van der Waals surface area contributed by atoms with Crippen LogP contribution in [0.15, 0.2) is 18.2 Å². The Morgan fingerprint density at radius 1 is 1.23 bits per heavy atom. The maximum atomic E-state index is 11.8. The fraction of sp³-hybridized carbons (Fsp3) is 0.556. The molecule has 31 heavy (non-hydrogen) atoms. The molecule has 0 spiro atoms. The molecule has 3 N–H and O–H groups in total. The Bertz CT molecular complexity index is 872. The number of carbonyl (C=O) groups is 2. The summed E-state index contributed by atoms with van der Waals surface area (Å²) in [5.74, 6) is -3.64. The number of aromatic carboxylic acids is 1. The summed E-state index contributed by atoms with van der Waals surface area (Å²) < 4.78 is 58.1. The second-order valence-electron chi connectivity index (χ2n) is 6.87. The zero-order valence-electron chi connectivity index (χ0n) is 16.7. The van der Waals surface area contributed by atoms with Gasteiger partial charge in [-0.2, -0.15) is 13.2 Å². The van der Waals surface area contributed by atoms with Gasteiger partial charge in [-0.3, -0.25) is 4.90 Å². The van der Waals surface area contributed by atoms with Crippen LogP contribution in [0, 0.1) is 0 Å². The van der Waals surface area contributed by atoms with E-state index in [9.17, 15) is 26.4 Å². The van der Waals surface area contributed by atoms with Gasteiger partial charge in [0.15, 0.2) is 0 Å². The van der Waals surface area contributed by atoms with Crippen molar-refractivity contribution >= 4 is 33.6 Å². The van der Waals surface area contributed by atoms with Crippen molar-refractivity contribution in [2.24, 2.45) is 0 Å². The highest BCUT2D eigenvalue weighted by Gasteiger charge is 2.38. The molecule has 0 atom stereocenters. The van der Waals surface area contributed by atoms with Crippen LogP contribution in [0.5, 0.6) is 0 Å². The third-order valence-electron chi connectivity index (χ3n) is 4.35. The highest BCUT2D eigenvalue weighted by Crippen LogP contribution is 2.24. The molecule has 1 fully saturated rings. The molecule has 1 saturated heterocycles. The van der Waals surface area contributed by atoms with Gasteiger partial charge in [0.2, 0.25) is 10.0 Å². The molecule has 1 aromatic rings. The number of hydrogen-bond donors (Lipinski definition) is 3. The number of halogens is 4. The molecule has 2 rings (SSSR count). The van der Waals surface area contributed by atoms with Crippen LogP contribution in [0.25, 0.3) is 0 Å². The number of carboxylic acid groups (broad SMARTS) is 2.